The van der Waals surface area contributed by atoms with Crippen molar-refractivity contribution in [2.24, 2.45) is 0 Å². The Morgan fingerprint density at radius 1 is 1.53 bits per heavy atom. The van der Waals surface area contributed by atoms with Crippen molar-refractivity contribution in [2.75, 3.05) is 6.54 Å². The number of carbonyl (C=O) groups is 1. The lowest BCUT2D eigenvalue weighted by Gasteiger charge is -2.06. The molecule has 1 rings (SSSR count). The highest BCUT2D eigenvalue weighted by molar-refractivity contribution is 9.11. The standard InChI is InChI=1S/C10H14BrN3O4S/c1-6(11)4-12-19(17,18)10-7(2)13-14(8(10)3)5-9(15)16/h12H,1,4-5H2,2-3H3,(H,15,16). The Hall–Kier alpha value is -1.19. The van der Waals surface area contributed by atoms with Crippen molar-refractivity contribution in [3.8, 4) is 0 Å². The zero-order valence-corrected chi connectivity index (χ0v) is 12.9. The van der Waals surface area contributed by atoms with Crippen LogP contribution in [0.25, 0.3) is 0 Å². The van der Waals surface area contributed by atoms with E-state index < -0.39 is 16.0 Å². The Morgan fingerprint density at radius 2 is 2.11 bits per heavy atom. The summed E-state index contributed by atoms with van der Waals surface area (Å²) in [4.78, 5) is 10.7. The van der Waals surface area contributed by atoms with Crippen LogP contribution >= 0.6 is 15.9 Å². The number of hydrogen-bond donors (Lipinski definition) is 2. The lowest BCUT2D eigenvalue weighted by Crippen LogP contribution is -2.26. The van der Waals surface area contributed by atoms with E-state index in [9.17, 15) is 13.2 Å². The van der Waals surface area contributed by atoms with Crippen molar-refractivity contribution in [3.05, 3.63) is 22.4 Å². The third-order valence-electron chi connectivity index (χ3n) is 2.32. The molecule has 7 nitrogen and oxygen atoms in total. The van der Waals surface area contributed by atoms with E-state index in [2.05, 4.69) is 32.3 Å². The largest absolute Gasteiger partial charge is 0.480 e. The summed E-state index contributed by atoms with van der Waals surface area (Å²) >= 11 is 3.05. The number of halogens is 1. The quantitative estimate of drug-likeness (QED) is 0.788. The number of carboxylic acid groups (broad SMARTS) is 1. The lowest BCUT2D eigenvalue weighted by atomic mass is 10.4. The SMILES string of the molecule is C=C(Br)CNS(=O)(=O)c1c(C)nn(CC(=O)O)c1C. The molecule has 0 bridgehead atoms. The van der Waals surface area contributed by atoms with Crippen molar-refractivity contribution < 1.29 is 18.3 Å². The van der Waals surface area contributed by atoms with Crippen LogP contribution in [0.3, 0.4) is 0 Å². The van der Waals surface area contributed by atoms with E-state index in [1.807, 2.05) is 0 Å². The van der Waals surface area contributed by atoms with Gasteiger partial charge in [0, 0.05) is 11.0 Å². The number of rotatable bonds is 6. The molecule has 0 fully saturated rings. The van der Waals surface area contributed by atoms with Gasteiger partial charge in [-0.3, -0.25) is 9.48 Å². The Labute approximate surface area is 119 Å². The molecule has 0 aliphatic heterocycles. The predicted molar refractivity (Wildman–Crippen MR) is 72.6 cm³/mol. The zero-order valence-electron chi connectivity index (χ0n) is 10.5. The molecule has 0 aliphatic rings. The van der Waals surface area contributed by atoms with Gasteiger partial charge in [0.25, 0.3) is 0 Å². The van der Waals surface area contributed by atoms with Crippen LogP contribution in [0.5, 0.6) is 0 Å². The Morgan fingerprint density at radius 3 is 2.58 bits per heavy atom. The molecule has 0 saturated carbocycles. The molecule has 1 aromatic heterocycles. The molecule has 0 saturated heterocycles. The van der Waals surface area contributed by atoms with Crippen LogP contribution in [0.2, 0.25) is 0 Å². The van der Waals surface area contributed by atoms with Crippen LogP contribution in [0.4, 0.5) is 0 Å². The van der Waals surface area contributed by atoms with E-state index in [1.54, 1.807) is 0 Å². The van der Waals surface area contributed by atoms with Crippen LogP contribution in [0.15, 0.2) is 16.0 Å². The minimum atomic E-state index is -3.75. The molecule has 0 radical (unpaired) electrons. The smallest absolute Gasteiger partial charge is 0.325 e. The highest BCUT2D eigenvalue weighted by Gasteiger charge is 2.24. The molecule has 0 aliphatic carbocycles. The second-order valence-corrected chi connectivity index (χ2v) is 6.72. The normalized spacial score (nSPS) is 11.5. The second kappa shape index (κ2) is 5.85. The van der Waals surface area contributed by atoms with Gasteiger partial charge in [-0.25, -0.2) is 13.1 Å². The molecule has 0 unspecified atom stereocenters. The highest BCUT2D eigenvalue weighted by atomic mass is 79.9. The van der Waals surface area contributed by atoms with Gasteiger partial charge in [-0.1, -0.05) is 22.5 Å². The van der Waals surface area contributed by atoms with Crippen LogP contribution < -0.4 is 4.72 Å². The van der Waals surface area contributed by atoms with Gasteiger partial charge in [0.2, 0.25) is 10.0 Å². The van der Waals surface area contributed by atoms with Gasteiger partial charge in [-0.15, -0.1) is 0 Å². The average Bonchev–Trinajstić information content (AvgIpc) is 2.51. The summed E-state index contributed by atoms with van der Waals surface area (Å²) in [5, 5.41) is 12.7. The van der Waals surface area contributed by atoms with E-state index in [0.717, 1.165) is 4.68 Å². The van der Waals surface area contributed by atoms with Crippen LogP contribution in [-0.2, 0) is 21.4 Å². The lowest BCUT2D eigenvalue weighted by molar-refractivity contribution is -0.137. The van der Waals surface area contributed by atoms with Crippen molar-refractivity contribution in [3.63, 3.8) is 0 Å². The fourth-order valence-electron chi connectivity index (χ4n) is 1.60. The van der Waals surface area contributed by atoms with Gasteiger partial charge in [0.1, 0.15) is 11.4 Å². The first-order valence-electron chi connectivity index (χ1n) is 5.24. The van der Waals surface area contributed by atoms with E-state index >= 15 is 0 Å². The van der Waals surface area contributed by atoms with E-state index in [1.165, 1.54) is 13.8 Å². The fourth-order valence-corrected chi connectivity index (χ4v) is 3.36. The number of hydrogen-bond acceptors (Lipinski definition) is 4. The number of aryl methyl sites for hydroxylation is 1. The van der Waals surface area contributed by atoms with E-state index in [0.29, 0.717) is 4.48 Å². The maximum absolute atomic E-state index is 12.1. The first-order valence-corrected chi connectivity index (χ1v) is 7.51. The summed E-state index contributed by atoms with van der Waals surface area (Å²) in [6, 6.07) is 0. The van der Waals surface area contributed by atoms with Gasteiger partial charge in [-0.2, -0.15) is 5.10 Å². The summed E-state index contributed by atoms with van der Waals surface area (Å²) in [6.07, 6.45) is 0. The molecular formula is C10H14BrN3O4S. The monoisotopic (exact) mass is 351 g/mol. The Balaban J connectivity index is 3.16. The van der Waals surface area contributed by atoms with Crippen molar-refractivity contribution in [2.45, 2.75) is 25.3 Å². The molecule has 19 heavy (non-hydrogen) atoms. The summed E-state index contributed by atoms with van der Waals surface area (Å²) in [6.45, 7) is 6.23. The fraction of sp³-hybridized carbons (Fsp3) is 0.400. The summed E-state index contributed by atoms with van der Waals surface area (Å²) in [7, 11) is -3.75. The minimum Gasteiger partial charge on any atom is -0.480 e. The topological polar surface area (TPSA) is 101 Å². The molecule has 2 N–H and O–H groups in total. The minimum absolute atomic E-state index is 0.00231. The number of nitrogens with one attached hydrogen (secondary N) is 1. The van der Waals surface area contributed by atoms with Crippen LogP contribution in [-0.4, -0.2) is 35.8 Å². The van der Waals surface area contributed by atoms with Gasteiger partial charge in [0.15, 0.2) is 0 Å². The first kappa shape index (κ1) is 15.9. The second-order valence-electron chi connectivity index (χ2n) is 3.89. The molecular weight excluding hydrogens is 338 g/mol. The van der Waals surface area contributed by atoms with Gasteiger partial charge >= 0.3 is 5.97 Å². The number of aromatic nitrogens is 2. The zero-order chi connectivity index (χ0) is 14.8. The molecule has 9 heteroatoms. The van der Waals surface area contributed by atoms with Crippen LogP contribution in [0, 0.1) is 13.8 Å². The average molecular weight is 352 g/mol. The molecule has 0 atom stereocenters. The molecule has 0 amide bonds. The number of sulfonamides is 1. The molecule has 1 heterocycles. The Kier molecular flexibility index (Phi) is 4.88. The van der Waals surface area contributed by atoms with Crippen LogP contribution in [0.1, 0.15) is 11.4 Å². The van der Waals surface area contributed by atoms with Gasteiger partial charge in [-0.05, 0) is 13.8 Å². The maximum Gasteiger partial charge on any atom is 0.325 e. The predicted octanol–water partition coefficient (Wildman–Crippen LogP) is 0.771. The molecule has 1 aromatic rings. The summed E-state index contributed by atoms with van der Waals surface area (Å²) in [5.41, 5.74) is 0.541. The van der Waals surface area contributed by atoms with Gasteiger partial charge < -0.3 is 5.11 Å². The number of carboxylic acids is 1. The molecule has 0 spiro atoms. The first-order chi connectivity index (χ1) is 8.65. The molecule has 106 valence electrons. The highest BCUT2D eigenvalue weighted by Crippen LogP contribution is 2.19. The third-order valence-corrected chi connectivity index (χ3v) is 4.26. The van der Waals surface area contributed by atoms with E-state index in [4.69, 9.17) is 5.11 Å². The summed E-state index contributed by atoms with van der Waals surface area (Å²) in [5.74, 6) is -1.09. The Bertz CT molecular complexity index is 621. The number of aliphatic carboxylic acids is 1. The summed E-state index contributed by atoms with van der Waals surface area (Å²) < 4.78 is 28.2. The third kappa shape index (κ3) is 3.88. The van der Waals surface area contributed by atoms with Crippen molar-refractivity contribution in [1.82, 2.24) is 14.5 Å². The maximum atomic E-state index is 12.1. The van der Waals surface area contributed by atoms with E-state index in [-0.39, 0.29) is 29.4 Å². The molecule has 0 aromatic carbocycles. The van der Waals surface area contributed by atoms with Crippen molar-refractivity contribution in [1.29, 1.82) is 0 Å². The van der Waals surface area contributed by atoms with Crippen molar-refractivity contribution >= 4 is 31.9 Å². The van der Waals surface area contributed by atoms with Gasteiger partial charge in [0.05, 0.1) is 11.4 Å². The number of nitrogens with zero attached hydrogens (tertiary/aromatic N) is 2.